The fourth-order valence-electron chi connectivity index (χ4n) is 3.87. The second-order valence-electron chi connectivity index (χ2n) is 8.31. The summed E-state index contributed by atoms with van der Waals surface area (Å²) in [6, 6.07) is 13.5. The third-order valence-electron chi connectivity index (χ3n) is 5.69. The Morgan fingerprint density at radius 3 is 2.53 bits per heavy atom. The number of rotatable bonds is 10. The predicted molar refractivity (Wildman–Crippen MR) is 126 cm³/mol. The molecule has 0 aliphatic carbocycles. The van der Waals surface area contributed by atoms with Crippen LogP contribution in [0.4, 0.5) is 0 Å². The van der Waals surface area contributed by atoms with Gasteiger partial charge in [0.05, 0.1) is 6.54 Å². The van der Waals surface area contributed by atoms with Crippen molar-refractivity contribution in [2.45, 2.75) is 25.9 Å². The van der Waals surface area contributed by atoms with Crippen molar-refractivity contribution < 1.29 is 28.7 Å². The summed E-state index contributed by atoms with van der Waals surface area (Å²) in [4.78, 5) is 26.3. The van der Waals surface area contributed by atoms with Crippen molar-refractivity contribution in [3.8, 4) is 11.5 Å². The lowest BCUT2D eigenvalue weighted by atomic mass is 10.2. The van der Waals surface area contributed by atoms with Crippen molar-refractivity contribution in [3.05, 3.63) is 59.9 Å². The Bertz CT molecular complexity index is 1120. The molecule has 1 atom stereocenters. The molecule has 1 aliphatic heterocycles. The second kappa shape index (κ2) is 11.0. The molecule has 1 unspecified atom stereocenters. The number of nitrogens with zero attached hydrogens (tertiary/aromatic N) is 1. The SMILES string of the molecule is CC(CNC(=O)c1cc2cc(OCCN3CCCC3)ccc2o1)Oc1ccc(C(=O)NO)cc1. The zero-order valence-electron chi connectivity index (χ0n) is 19.1. The first kappa shape index (κ1) is 23.6. The first-order valence-electron chi connectivity index (χ1n) is 11.4. The predicted octanol–water partition coefficient (Wildman–Crippen LogP) is 3.22. The van der Waals surface area contributed by atoms with E-state index >= 15 is 0 Å². The van der Waals surface area contributed by atoms with E-state index in [1.54, 1.807) is 23.7 Å². The topological polar surface area (TPSA) is 113 Å². The first-order chi connectivity index (χ1) is 16.5. The molecule has 0 saturated carbocycles. The highest BCUT2D eigenvalue weighted by Crippen LogP contribution is 2.24. The number of hydrogen-bond donors (Lipinski definition) is 3. The minimum absolute atomic E-state index is 0.218. The van der Waals surface area contributed by atoms with E-state index in [-0.39, 0.29) is 24.3 Å². The van der Waals surface area contributed by atoms with E-state index < -0.39 is 5.91 Å². The van der Waals surface area contributed by atoms with E-state index in [1.807, 2.05) is 25.1 Å². The molecule has 0 radical (unpaired) electrons. The van der Waals surface area contributed by atoms with Gasteiger partial charge in [0.25, 0.3) is 11.8 Å². The Labute approximate surface area is 197 Å². The van der Waals surface area contributed by atoms with Crippen molar-refractivity contribution in [3.63, 3.8) is 0 Å². The average Bonchev–Trinajstić information content (AvgIpc) is 3.52. The van der Waals surface area contributed by atoms with Crippen LogP contribution in [0.1, 0.15) is 40.7 Å². The van der Waals surface area contributed by atoms with Gasteiger partial charge in [-0.05, 0) is 81.4 Å². The highest BCUT2D eigenvalue weighted by atomic mass is 16.5. The lowest BCUT2D eigenvalue weighted by Crippen LogP contribution is -2.33. The number of carbonyl (C=O) groups excluding carboxylic acids is 2. The summed E-state index contributed by atoms with van der Waals surface area (Å²) in [5.41, 5.74) is 2.50. The molecule has 9 nitrogen and oxygen atoms in total. The van der Waals surface area contributed by atoms with Crippen LogP contribution in [0.3, 0.4) is 0 Å². The van der Waals surface area contributed by atoms with Crippen LogP contribution in [-0.2, 0) is 0 Å². The number of carbonyl (C=O) groups is 2. The largest absolute Gasteiger partial charge is 0.492 e. The Kier molecular flexibility index (Phi) is 7.66. The molecule has 4 rings (SSSR count). The fourth-order valence-corrected chi connectivity index (χ4v) is 3.87. The molecule has 2 aromatic carbocycles. The van der Waals surface area contributed by atoms with Crippen LogP contribution < -0.4 is 20.3 Å². The molecule has 34 heavy (non-hydrogen) atoms. The van der Waals surface area contributed by atoms with Gasteiger partial charge < -0.3 is 19.2 Å². The zero-order valence-corrected chi connectivity index (χ0v) is 19.1. The lowest BCUT2D eigenvalue weighted by molar-refractivity contribution is 0.0706. The highest BCUT2D eigenvalue weighted by molar-refractivity contribution is 5.96. The summed E-state index contributed by atoms with van der Waals surface area (Å²) >= 11 is 0. The maximum Gasteiger partial charge on any atom is 0.287 e. The Hall–Kier alpha value is -3.56. The normalized spacial score (nSPS) is 14.6. The van der Waals surface area contributed by atoms with Crippen molar-refractivity contribution in [1.29, 1.82) is 0 Å². The van der Waals surface area contributed by atoms with Gasteiger partial charge >= 0.3 is 0 Å². The standard InChI is InChI=1S/C25H29N3O6/c1-17(33-20-6-4-18(5-7-20)24(29)27-31)16-26-25(30)23-15-19-14-21(8-9-22(19)34-23)32-13-12-28-10-2-3-11-28/h4-9,14-15,17,31H,2-3,10-13,16H2,1H3,(H,26,30)(H,27,29). The third kappa shape index (κ3) is 6.06. The molecule has 180 valence electrons. The molecule has 3 aromatic rings. The molecule has 1 aliphatic rings. The van der Waals surface area contributed by atoms with Crippen LogP contribution in [0.2, 0.25) is 0 Å². The molecular weight excluding hydrogens is 438 g/mol. The Balaban J connectivity index is 1.26. The number of ether oxygens (including phenoxy) is 2. The van der Waals surface area contributed by atoms with Crippen molar-refractivity contribution >= 4 is 22.8 Å². The van der Waals surface area contributed by atoms with Crippen LogP contribution in [0.5, 0.6) is 11.5 Å². The van der Waals surface area contributed by atoms with Gasteiger partial charge in [0.2, 0.25) is 0 Å². The molecule has 2 heterocycles. The molecule has 9 heteroatoms. The monoisotopic (exact) mass is 467 g/mol. The number of benzene rings is 2. The van der Waals surface area contributed by atoms with Gasteiger partial charge in [0.1, 0.15) is 29.8 Å². The Morgan fingerprint density at radius 2 is 1.79 bits per heavy atom. The summed E-state index contributed by atoms with van der Waals surface area (Å²) in [5.74, 6) is 0.577. The molecule has 1 aromatic heterocycles. The van der Waals surface area contributed by atoms with E-state index in [4.69, 9.17) is 19.1 Å². The molecule has 1 saturated heterocycles. The van der Waals surface area contributed by atoms with Crippen LogP contribution in [0.15, 0.2) is 52.9 Å². The number of furan rings is 1. The minimum Gasteiger partial charge on any atom is -0.492 e. The maximum atomic E-state index is 12.6. The number of hydrogen-bond acceptors (Lipinski definition) is 7. The van der Waals surface area contributed by atoms with Gasteiger partial charge in [0, 0.05) is 17.5 Å². The van der Waals surface area contributed by atoms with E-state index in [0.29, 0.717) is 23.5 Å². The van der Waals surface area contributed by atoms with Crippen molar-refractivity contribution in [1.82, 2.24) is 15.7 Å². The molecule has 1 fully saturated rings. The smallest absolute Gasteiger partial charge is 0.287 e. The number of likely N-dealkylation sites (tertiary alicyclic amines) is 1. The lowest BCUT2D eigenvalue weighted by Gasteiger charge is -2.15. The summed E-state index contributed by atoms with van der Waals surface area (Å²) in [7, 11) is 0. The molecule has 3 N–H and O–H groups in total. The van der Waals surface area contributed by atoms with Crippen LogP contribution in [0.25, 0.3) is 11.0 Å². The van der Waals surface area contributed by atoms with E-state index in [0.717, 1.165) is 30.8 Å². The number of amides is 2. The third-order valence-corrected chi connectivity index (χ3v) is 5.69. The van der Waals surface area contributed by atoms with Crippen LogP contribution in [-0.4, -0.2) is 60.8 Å². The van der Waals surface area contributed by atoms with Crippen molar-refractivity contribution in [2.24, 2.45) is 0 Å². The van der Waals surface area contributed by atoms with E-state index in [1.165, 1.54) is 25.0 Å². The number of hydroxylamine groups is 1. The first-order valence-corrected chi connectivity index (χ1v) is 11.4. The average molecular weight is 468 g/mol. The summed E-state index contributed by atoms with van der Waals surface area (Å²) in [6.07, 6.45) is 2.20. The van der Waals surface area contributed by atoms with Gasteiger partial charge in [-0.2, -0.15) is 0 Å². The van der Waals surface area contributed by atoms with Gasteiger partial charge in [-0.25, -0.2) is 5.48 Å². The zero-order chi connectivity index (χ0) is 23.9. The van der Waals surface area contributed by atoms with Crippen LogP contribution >= 0.6 is 0 Å². The quantitative estimate of drug-likeness (QED) is 0.310. The van der Waals surface area contributed by atoms with Crippen molar-refractivity contribution in [2.75, 3.05) is 32.8 Å². The van der Waals surface area contributed by atoms with E-state index in [9.17, 15) is 9.59 Å². The highest BCUT2D eigenvalue weighted by Gasteiger charge is 2.15. The Morgan fingerprint density at radius 1 is 1.06 bits per heavy atom. The molecular formula is C25H29N3O6. The molecule has 0 bridgehead atoms. The van der Waals surface area contributed by atoms with Gasteiger partial charge in [-0.15, -0.1) is 0 Å². The minimum atomic E-state index is -0.599. The molecule has 0 spiro atoms. The number of nitrogens with one attached hydrogen (secondary N) is 2. The van der Waals surface area contributed by atoms with Gasteiger partial charge in [-0.3, -0.25) is 19.7 Å². The number of fused-ring (bicyclic) bond motifs is 1. The summed E-state index contributed by atoms with van der Waals surface area (Å²) in [5, 5.41) is 12.3. The molecule has 2 amide bonds. The van der Waals surface area contributed by atoms with E-state index in [2.05, 4.69) is 10.2 Å². The maximum absolute atomic E-state index is 12.6. The second-order valence-corrected chi connectivity index (χ2v) is 8.31. The summed E-state index contributed by atoms with van der Waals surface area (Å²) in [6.45, 7) is 5.91. The van der Waals surface area contributed by atoms with Crippen LogP contribution in [0, 0.1) is 0 Å². The van der Waals surface area contributed by atoms with Gasteiger partial charge in [0.15, 0.2) is 5.76 Å². The van der Waals surface area contributed by atoms with Gasteiger partial charge in [-0.1, -0.05) is 0 Å². The fraction of sp³-hybridized carbons (Fsp3) is 0.360. The summed E-state index contributed by atoms with van der Waals surface area (Å²) < 4.78 is 17.3.